The van der Waals surface area contributed by atoms with Gasteiger partial charge in [-0.05, 0) is 30.0 Å². The van der Waals surface area contributed by atoms with Gasteiger partial charge in [0.25, 0.3) is 5.91 Å². The molecule has 0 spiro atoms. The third-order valence-corrected chi connectivity index (χ3v) is 5.17. The van der Waals surface area contributed by atoms with Gasteiger partial charge in [-0.1, -0.05) is 54.1 Å². The molecule has 1 heterocycles. The zero-order valence-electron chi connectivity index (χ0n) is 17.9. The van der Waals surface area contributed by atoms with E-state index >= 15 is 0 Å². The molecule has 1 aliphatic heterocycles. The molecule has 2 aromatic carbocycles. The van der Waals surface area contributed by atoms with Gasteiger partial charge in [-0.25, -0.2) is 4.79 Å². The lowest BCUT2D eigenvalue weighted by atomic mass is 9.98. The number of hydrogen-bond donors (Lipinski definition) is 3. The number of aliphatic carboxylic acids is 1. The summed E-state index contributed by atoms with van der Waals surface area (Å²) < 4.78 is 0. The molecule has 3 rings (SSSR count). The van der Waals surface area contributed by atoms with Crippen molar-refractivity contribution in [2.45, 2.75) is 31.8 Å². The van der Waals surface area contributed by atoms with E-state index in [4.69, 9.17) is 0 Å². The minimum Gasteiger partial charge on any atom is -0.481 e. The molecule has 1 aliphatic rings. The fraction of sp³-hybridized carbons (Fsp3) is 0.250. The number of aryl methyl sites for hydroxylation is 1. The van der Waals surface area contributed by atoms with Crippen molar-refractivity contribution in [2.75, 3.05) is 7.05 Å². The smallest absolute Gasteiger partial charge is 0.316 e. The van der Waals surface area contributed by atoms with Crippen molar-refractivity contribution in [3.63, 3.8) is 0 Å². The van der Waals surface area contributed by atoms with Crippen LogP contribution < -0.4 is 10.6 Å². The van der Waals surface area contributed by atoms with E-state index in [1.165, 1.54) is 29.8 Å². The van der Waals surface area contributed by atoms with Gasteiger partial charge in [0.1, 0.15) is 0 Å². The topological polar surface area (TPSA) is 116 Å². The number of benzene rings is 2. The van der Waals surface area contributed by atoms with E-state index in [0.29, 0.717) is 5.56 Å². The number of amides is 3. The molecular formula is C24H25N3O5. The van der Waals surface area contributed by atoms with E-state index in [-0.39, 0.29) is 6.42 Å². The van der Waals surface area contributed by atoms with E-state index in [2.05, 4.69) is 16.7 Å². The molecule has 0 aromatic heterocycles. The number of ketones is 1. The van der Waals surface area contributed by atoms with Crippen LogP contribution >= 0.6 is 0 Å². The summed E-state index contributed by atoms with van der Waals surface area (Å²) in [5.41, 5.74) is 3.99. The van der Waals surface area contributed by atoms with Crippen LogP contribution in [0.15, 0.2) is 60.8 Å². The highest BCUT2D eigenvalue weighted by Crippen LogP contribution is 2.20. The number of nitrogens with one attached hydrogen (secondary N) is 2. The Kier molecular flexibility index (Phi) is 7.04. The van der Waals surface area contributed by atoms with Gasteiger partial charge in [0.2, 0.25) is 0 Å². The molecule has 3 N–H and O–H groups in total. The Morgan fingerprint density at radius 3 is 2.47 bits per heavy atom. The Bertz CT molecular complexity index is 1060. The predicted octanol–water partition coefficient (Wildman–Crippen LogP) is 2.32. The van der Waals surface area contributed by atoms with Gasteiger partial charge < -0.3 is 20.6 Å². The first-order chi connectivity index (χ1) is 15.2. The second-order valence-electron chi connectivity index (χ2n) is 7.78. The molecule has 0 aliphatic carbocycles. The third kappa shape index (κ3) is 5.81. The fourth-order valence-electron chi connectivity index (χ4n) is 3.50. The Labute approximate surface area is 185 Å². The molecule has 2 atom stereocenters. The fourth-order valence-corrected chi connectivity index (χ4v) is 3.50. The number of carboxylic acids is 1. The summed E-state index contributed by atoms with van der Waals surface area (Å²) in [6.45, 7) is 2.03. The molecule has 8 heteroatoms. The Morgan fingerprint density at radius 1 is 1.09 bits per heavy atom. The summed E-state index contributed by atoms with van der Waals surface area (Å²) in [6.07, 6.45) is 2.91. The first kappa shape index (κ1) is 22.7. The molecular weight excluding hydrogens is 410 g/mol. The Hall–Kier alpha value is -3.94. The van der Waals surface area contributed by atoms with Crippen molar-refractivity contribution in [3.05, 3.63) is 83.1 Å². The van der Waals surface area contributed by atoms with Gasteiger partial charge in [0, 0.05) is 19.3 Å². The summed E-state index contributed by atoms with van der Waals surface area (Å²) >= 11 is 0. The number of rotatable bonds is 7. The van der Waals surface area contributed by atoms with Crippen LogP contribution in [-0.4, -0.2) is 46.8 Å². The van der Waals surface area contributed by atoms with Crippen LogP contribution in [0.3, 0.4) is 0 Å². The number of urea groups is 1. The van der Waals surface area contributed by atoms with Crippen LogP contribution in [-0.2, 0) is 20.8 Å². The van der Waals surface area contributed by atoms with Crippen molar-refractivity contribution in [1.82, 2.24) is 15.5 Å². The van der Waals surface area contributed by atoms with Crippen LogP contribution in [0.25, 0.3) is 0 Å². The van der Waals surface area contributed by atoms with Gasteiger partial charge >= 0.3 is 12.0 Å². The zero-order chi connectivity index (χ0) is 23.3. The molecule has 0 saturated carbocycles. The van der Waals surface area contributed by atoms with Gasteiger partial charge in [-0.3, -0.25) is 14.4 Å². The van der Waals surface area contributed by atoms with Crippen LogP contribution in [0.1, 0.15) is 34.7 Å². The van der Waals surface area contributed by atoms with Crippen LogP contribution in [0.2, 0.25) is 0 Å². The average Bonchev–Trinajstić information content (AvgIpc) is 2.74. The van der Waals surface area contributed by atoms with Crippen molar-refractivity contribution in [3.8, 4) is 0 Å². The van der Waals surface area contributed by atoms with Crippen molar-refractivity contribution in [2.24, 2.45) is 0 Å². The lowest BCUT2D eigenvalue weighted by Gasteiger charge is -2.25. The molecule has 0 fully saturated rings. The number of carbonyl (C=O) groups excluding carboxylic acids is 3. The normalized spacial score (nSPS) is 16.6. The largest absolute Gasteiger partial charge is 0.481 e. The summed E-state index contributed by atoms with van der Waals surface area (Å²) in [4.78, 5) is 49.1. The highest BCUT2D eigenvalue weighted by molar-refractivity contribution is 6.14. The van der Waals surface area contributed by atoms with Crippen LogP contribution in [0.5, 0.6) is 0 Å². The number of nitrogens with zero attached hydrogens (tertiary/aromatic N) is 1. The minimum absolute atomic E-state index is 0.350. The molecule has 166 valence electrons. The van der Waals surface area contributed by atoms with Crippen molar-refractivity contribution < 1.29 is 24.3 Å². The lowest BCUT2D eigenvalue weighted by Crippen LogP contribution is -2.55. The zero-order valence-corrected chi connectivity index (χ0v) is 17.9. The van der Waals surface area contributed by atoms with E-state index in [0.717, 1.165) is 17.5 Å². The quantitative estimate of drug-likeness (QED) is 0.578. The van der Waals surface area contributed by atoms with Gasteiger partial charge in [-0.15, -0.1) is 0 Å². The maximum Gasteiger partial charge on any atom is 0.316 e. The monoisotopic (exact) mass is 435 g/mol. The molecule has 32 heavy (non-hydrogen) atoms. The summed E-state index contributed by atoms with van der Waals surface area (Å²) in [7, 11) is 1.48. The maximum absolute atomic E-state index is 12.5. The Balaban J connectivity index is 1.69. The SMILES string of the molecule is Cc1cccc(Cc2ccc(C(CC(=O)O)NC(=O)NC3C(=O)C=CN(C)C3=O)cc2)c1. The summed E-state index contributed by atoms with van der Waals surface area (Å²) in [5.74, 6) is -2.20. The van der Waals surface area contributed by atoms with Crippen LogP contribution in [0, 0.1) is 6.92 Å². The predicted molar refractivity (Wildman–Crippen MR) is 118 cm³/mol. The van der Waals surface area contributed by atoms with Gasteiger partial charge in [-0.2, -0.15) is 0 Å². The minimum atomic E-state index is -1.34. The standard InChI is InChI=1S/C24H25N3O5/c1-15-4-3-5-17(12-15)13-16-6-8-18(9-7-16)19(14-21(29)30)25-24(32)26-22-20(28)10-11-27(2)23(22)31/h3-12,19,22H,13-14H2,1-2H3,(H,29,30)(H2,25,26,32). The van der Waals surface area contributed by atoms with Crippen LogP contribution in [0.4, 0.5) is 4.79 Å². The lowest BCUT2D eigenvalue weighted by molar-refractivity contribution is -0.138. The van der Waals surface area contributed by atoms with Gasteiger partial charge in [0.05, 0.1) is 12.5 Å². The molecule has 2 aromatic rings. The van der Waals surface area contributed by atoms with Crippen molar-refractivity contribution >= 4 is 23.7 Å². The van der Waals surface area contributed by atoms with E-state index in [9.17, 15) is 24.3 Å². The van der Waals surface area contributed by atoms with E-state index < -0.39 is 35.8 Å². The molecule has 0 bridgehead atoms. The number of likely N-dealkylation sites (N-methyl/N-ethyl adjacent to an activating group) is 1. The average molecular weight is 435 g/mol. The summed E-state index contributed by atoms with van der Waals surface area (Å²) in [5, 5.41) is 14.2. The van der Waals surface area contributed by atoms with Gasteiger partial charge in [0.15, 0.2) is 11.8 Å². The number of carbonyl (C=O) groups is 4. The molecule has 0 radical (unpaired) electrons. The second-order valence-corrected chi connectivity index (χ2v) is 7.78. The first-order valence-corrected chi connectivity index (χ1v) is 10.1. The molecule has 2 unspecified atom stereocenters. The second kappa shape index (κ2) is 9.91. The van der Waals surface area contributed by atoms with E-state index in [1.807, 2.05) is 37.3 Å². The Morgan fingerprint density at radius 2 is 1.81 bits per heavy atom. The highest BCUT2D eigenvalue weighted by atomic mass is 16.4. The highest BCUT2D eigenvalue weighted by Gasteiger charge is 2.32. The molecule has 8 nitrogen and oxygen atoms in total. The maximum atomic E-state index is 12.5. The number of hydrogen-bond acceptors (Lipinski definition) is 4. The summed E-state index contributed by atoms with van der Waals surface area (Å²) in [6, 6.07) is 12.5. The first-order valence-electron chi connectivity index (χ1n) is 10.1. The van der Waals surface area contributed by atoms with Crippen molar-refractivity contribution in [1.29, 1.82) is 0 Å². The number of carboxylic acid groups (broad SMARTS) is 1. The third-order valence-electron chi connectivity index (χ3n) is 5.17. The molecule has 3 amide bonds. The van der Waals surface area contributed by atoms with E-state index in [1.54, 1.807) is 12.1 Å². The molecule has 0 saturated heterocycles.